The minimum Gasteiger partial charge on any atom is -0.490 e. The van der Waals surface area contributed by atoms with Crippen molar-refractivity contribution < 1.29 is 9.94 Å². The first-order chi connectivity index (χ1) is 11.6. The first-order valence-corrected chi connectivity index (χ1v) is 7.48. The van der Waals surface area contributed by atoms with Crippen LogP contribution in [0.3, 0.4) is 0 Å². The van der Waals surface area contributed by atoms with Gasteiger partial charge in [0.15, 0.2) is 5.82 Å². The fourth-order valence-electron chi connectivity index (χ4n) is 2.33. The molecule has 0 atom stereocenters. The van der Waals surface area contributed by atoms with E-state index in [9.17, 15) is 10.5 Å². The highest BCUT2D eigenvalue weighted by Crippen LogP contribution is 2.28. The summed E-state index contributed by atoms with van der Waals surface area (Å²) in [6.07, 6.45) is 4.83. The van der Waals surface area contributed by atoms with Crippen molar-refractivity contribution in [2.75, 3.05) is 0 Å². The summed E-state index contributed by atoms with van der Waals surface area (Å²) in [5.74, 6) is 0.862. The van der Waals surface area contributed by atoms with Gasteiger partial charge in [0.25, 0.3) is 0 Å². The summed E-state index contributed by atoms with van der Waals surface area (Å²) in [5, 5.41) is 19.5. The second-order valence-corrected chi connectivity index (χ2v) is 5.53. The number of rotatable bonds is 4. The summed E-state index contributed by atoms with van der Waals surface area (Å²) < 4.78 is 6.56. The third kappa shape index (κ3) is 3.06. The van der Waals surface area contributed by atoms with Gasteiger partial charge in [0.1, 0.15) is 11.8 Å². The molecule has 0 aliphatic rings. The molecule has 0 aliphatic heterocycles. The fraction of sp³-hybridized carbons (Fsp3) is 0.167. The van der Waals surface area contributed by atoms with E-state index in [0.717, 1.165) is 10.3 Å². The second kappa shape index (κ2) is 6.42. The molecular formula is C18H16N4O2. The van der Waals surface area contributed by atoms with E-state index in [1.807, 2.05) is 19.9 Å². The highest BCUT2D eigenvalue weighted by molar-refractivity contribution is 5.66. The van der Waals surface area contributed by atoms with Crippen molar-refractivity contribution in [3.05, 3.63) is 54.5 Å². The number of hydrogen-bond acceptors (Lipinski definition) is 5. The van der Waals surface area contributed by atoms with Crippen LogP contribution in [0.15, 0.2) is 48.9 Å². The van der Waals surface area contributed by atoms with Gasteiger partial charge in [-0.05, 0) is 44.2 Å². The molecule has 0 aliphatic carbocycles. The van der Waals surface area contributed by atoms with E-state index in [-0.39, 0.29) is 6.10 Å². The molecule has 0 spiro atoms. The van der Waals surface area contributed by atoms with Crippen molar-refractivity contribution in [3.63, 3.8) is 0 Å². The predicted octanol–water partition coefficient (Wildman–Crippen LogP) is 3.51. The molecule has 0 amide bonds. The molecule has 120 valence electrons. The van der Waals surface area contributed by atoms with Gasteiger partial charge in [0.2, 0.25) is 0 Å². The number of pyridine rings is 1. The number of nitriles is 1. The van der Waals surface area contributed by atoms with Gasteiger partial charge in [-0.1, -0.05) is 0 Å². The van der Waals surface area contributed by atoms with Gasteiger partial charge in [0, 0.05) is 23.5 Å². The maximum atomic E-state index is 10.1. The molecule has 0 radical (unpaired) electrons. The Balaban J connectivity index is 2.01. The van der Waals surface area contributed by atoms with Crippen molar-refractivity contribution >= 4 is 0 Å². The van der Waals surface area contributed by atoms with Gasteiger partial charge in [-0.3, -0.25) is 4.98 Å². The first kappa shape index (κ1) is 15.6. The van der Waals surface area contributed by atoms with Crippen LogP contribution in [0.1, 0.15) is 19.4 Å². The van der Waals surface area contributed by atoms with Crippen LogP contribution < -0.4 is 4.74 Å². The highest BCUT2D eigenvalue weighted by Gasteiger charge is 2.14. The maximum absolute atomic E-state index is 10.1. The zero-order valence-electron chi connectivity index (χ0n) is 13.3. The quantitative estimate of drug-likeness (QED) is 0.744. The molecule has 2 heterocycles. The first-order valence-electron chi connectivity index (χ1n) is 7.48. The zero-order valence-corrected chi connectivity index (χ0v) is 13.3. The van der Waals surface area contributed by atoms with Gasteiger partial charge in [-0.2, -0.15) is 9.99 Å². The van der Waals surface area contributed by atoms with E-state index in [1.165, 1.54) is 6.20 Å². The van der Waals surface area contributed by atoms with E-state index in [4.69, 9.17) is 4.74 Å². The summed E-state index contributed by atoms with van der Waals surface area (Å²) in [7, 11) is 0. The number of benzene rings is 1. The lowest BCUT2D eigenvalue weighted by atomic mass is 10.1. The van der Waals surface area contributed by atoms with E-state index in [0.29, 0.717) is 28.4 Å². The van der Waals surface area contributed by atoms with Gasteiger partial charge >= 0.3 is 0 Å². The number of nitrogens with zero attached hydrogens (tertiary/aromatic N) is 4. The molecule has 3 rings (SSSR count). The Labute approximate surface area is 139 Å². The maximum Gasteiger partial charge on any atom is 0.175 e. The van der Waals surface area contributed by atoms with Crippen LogP contribution in [-0.2, 0) is 0 Å². The molecular weight excluding hydrogens is 304 g/mol. The average Bonchev–Trinajstić information content (AvgIpc) is 2.97. The van der Waals surface area contributed by atoms with Crippen molar-refractivity contribution in [1.29, 1.82) is 5.26 Å². The third-order valence-corrected chi connectivity index (χ3v) is 3.37. The van der Waals surface area contributed by atoms with Gasteiger partial charge in [-0.15, -0.1) is 0 Å². The lowest BCUT2D eigenvalue weighted by Crippen LogP contribution is -2.07. The Morgan fingerprint density at radius 3 is 2.75 bits per heavy atom. The smallest absolute Gasteiger partial charge is 0.175 e. The SMILES string of the molecule is CC(C)Oc1ccc(-c2nc(-c3cccnc3)cn2O)cc1C#N. The molecule has 0 saturated carbocycles. The van der Waals surface area contributed by atoms with E-state index >= 15 is 0 Å². The summed E-state index contributed by atoms with van der Waals surface area (Å²) in [4.78, 5) is 8.49. The predicted molar refractivity (Wildman–Crippen MR) is 88.6 cm³/mol. The molecule has 0 fully saturated rings. The monoisotopic (exact) mass is 320 g/mol. The number of aromatic nitrogens is 3. The summed E-state index contributed by atoms with van der Waals surface area (Å²) >= 11 is 0. The number of ether oxygens (including phenoxy) is 1. The molecule has 6 heteroatoms. The summed E-state index contributed by atoms with van der Waals surface area (Å²) in [6.45, 7) is 3.80. The number of imidazole rings is 1. The van der Waals surface area contributed by atoms with Crippen molar-refractivity contribution in [3.8, 4) is 34.5 Å². The third-order valence-electron chi connectivity index (χ3n) is 3.37. The molecule has 24 heavy (non-hydrogen) atoms. The standard InChI is InChI=1S/C18H16N4O2/c1-12(2)24-17-6-5-13(8-15(17)9-19)18-21-16(11-22(18)23)14-4-3-7-20-10-14/h3-8,10-12,23H,1-2H3. The van der Waals surface area contributed by atoms with Crippen molar-refractivity contribution in [2.24, 2.45) is 0 Å². The fourth-order valence-corrected chi connectivity index (χ4v) is 2.33. The average molecular weight is 320 g/mol. The lowest BCUT2D eigenvalue weighted by Gasteiger charge is -2.11. The lowest BCUT2D eigenvalue weighted by molar-refractivity contribution is 0.191. The molecule has 0 unspecified atom stereocenters. The molecule has 6 nitrogen and oxygen atoms in total. The second-order valence-electron chi connectivity index (χ2n) is 5.53. The van der Waals surface area contributed by atoms with E-state index in [2.05, 4.69) is 16.0 Å². The zero-order chi connectivity index (χ0) is 17.1. The van der Waals surface area contributed by atoms with Gasteiger partial charge in [-0.25, -0.2) is 4.98 Å². The van der Waals surface area contributed by atoms with E-state index < -0.39 is 0 Å². The largest absolute Gasteiger partial charge is 0.490 e. The van der Waals surface area contributed by atoms with Crippen LogP contribution in [0, 0.1) is 11.3 Å². The molecule has 3 aromatic rings. The summed E-state index contributed by atoms with van der Waals surface area (Å²) in [5.41, 5.74) is 2.42. The van der Waals surface area contributed by atoms with Crippen molar-refractivity contribution in [1.82, 2.24) is 14.7 Å². The molecule has 1 N–H and O–H groups in total. The van der Waals surface area contributed by atoms with Crippen molar-refractivity contribution in [2.45, 2.75) is 20.0 Å². The Bertz CT molecular complexity index is 895. The Kier molecular flexibility index (Phi) is 4.17. The molecule has 2 aromatic heterocycles. The number of hydrogen-bond donors (Lipinski definition) is 1. The highest BCUT2D eigenvalue weighted by atomic mass is 16.5. The molecule has 0 saturated heterocycles. The summed E-state index contributed by atoms with van der Waals surface area (Å²) in [6, 6.07) is 10.9. The topological polar surface area (TPSA) is 84.0 Å². The van der Waals surface area contributed by atoms with Crippen LogP contribution >= 0.6 is 0 Å². The van der Waals surface area contributed by atoms with E-state index in [1.54, 1.807) is 36.7 Å². The van der Waals surface area contributed by atoms with Crippen LogP contribution in [-0.4, -0.2) is 26.0 Å². The minimum atomic E-state index is -0.0278. The van der Waals surface area contributed by atoms with Crippen LogP contribution in [0.4, 0.5) is 0 Å². The molecule has 1 aromatic carbocycles. The minimum absolute atomic E-state index is 0.0278. The Morgan fingerprint density at radius 2 is 2.08 bits per heavy atom. The van der Waals surface area contributed by atoms with Gasteiger partial charge in [0.05, 0.1) is 23.6 Å². The Morgan fingerprint density at radius 1 is 1.25 bits per heavy atom. The Hall–Kier alpha value is -3.33. The van der Waals surface area contributed by atoms with Crippen LogP contribution in [0.2, 0.25) is 0 Å². The molecule has 0 bridgehead atoms. The van der Waals surface area contributed by atoms with Gasteiger partial charge < -0.3 is 9.94 Å². The van der Waals surface area contributed by atoms with Crippen LogP contribution in [0.25, 0.3) is 22.6 Å². The normalized spacial score (nSPS) is 10.6. The van der Waals surface area contributed by atoms with Crippen LogP contribution in [0.5, 0.6) is 5.75 Å².